The average molecular weight is 447 g/mol. The number of nitrogens with one attached hydrogen (secondary N) is 3. The van der Waals surface area contributed by atoms with Crippen LogP contribution in [0.15, 0.2) is 42.7 Å². The smallest absolute Gasteiger partial charge is 0.381 e. The molecule has 3 N–H and O–H groups in total. The maximum atomic E-state index is 13.7. The molecule has 11 heteroatoms. The molecule has 2 aromatic heterocycles. The van der Waals surface area contributed by atoms with Crippen LogP contribution in [0.3, 0.4) is 0 Å². The lowest BCUT2D eigenvalue weighted by atomic mass is 9.89. The molecule has 1 fully saturated rings. The molecule has 0 unspecified atom stereocenters. The molecule has 1 aliphatic heterocycles. The van der Waals surface area contributed by atoms with Crippen molar-refractivity contribution in [3.8, 4) is 0 Å². The Morgan fingerprint density at radius 1 is 1.16 bits per heavy atom. The number of halogens is 3. The van der Waals surface area contributed by atoms with Gasteiger partial charge in [0.2, 0.25) is 5.91 Å². The minimum atomic E-state index is -4.63. The van der Waals surface area contributed by atoms with Crippen molar-refractivity contribution in [1.82, 2.24) is 20.5 Å². The number of ether oxygens (including phenoxy) is 1. The molecular weight excluding hydrogens is 427 g/mol. The Morgan fingerprint density at radius 3 is 2.69 bits per heavy atom. The van der Waals surface area contributed by atoms with E-state index in [-0.39, 0.29) is 49.8 Å². The number of aromatic amines is 1. The lowest BCUT2D eigenvalue weighted by Crippen LogP contribution is -2.61. The van der Waals surface area contributed by atoms with Gasteiger partial charge in [0.15, 0.2) is 0 Å². The number of benzene rings is 1. The maximum absolute atomic E-state index is 13.7. The number of anilines is 1. The molecule has 0 atom stereocenters. The van der Waals surface area contributed by atoms with Gasteiger partial charge in [0.1, 0.15) is 11.2 Å². The molecule has 0 aliphatic carbocycles. The van der Waals surface area contributed by atoms with Gasteiger partial charge in [-0.1, -0.05) is 12.1 Å². The Kier molecular flexibility index (Phi) is 5.83. The van der Waals surface area contributed by atoms with Crippen LogP contribution >= 0.6 is 0 Å². The molecule has 0 radical (unpaired) electrons. The second-order valence-electron chi connectivity index (χ2n) is 7.59. The Hall–Kier alpha value is -3.47. The third kappa shape index (κ3) is 4.57. The Balaban J connectivity index is 1.44. The lowest BCUT2D eigenvalue weighted by molar-refractivity contribution is -0.212. The first-order valence-corrected chi connectivity index (χ1v) is 9.91. The van der Waals surface area contributed by atoms with Crippen molar-refractivity contribution < 1.29 is 27.5 Å². The average Bonchev–Trinajstić information content (AvgIpc) is 3.21. The minimum absolute atomic E-state index is 0.0655. The molecule has 3 heterocycles. The first kappa shape index (κ1) is 21.8. The molecule has 1 aromatic carbocycles. The number of pyridine rings is 1. The molecular formula is C21H20F3N5O3. The monoisotopic (exact) mass is 447 g/mol. The van der Waals surface area contributed by atoms with Gasteiger partial charge in [0.05, 0.1) is 18.1 Å². The second-order valence-corrected chi connectivity index (χ2v) is 7.59. The van der Waals surface area contributed by atoms with E-state index in [0.717, 1.165) is 16.5 Å². The van der Waals surface area contributed by atoms with Gasteiger partial charge >= 0.3 is 6.18 Å². The molecule has 0 spiro atoms. The summed E-state index contributed by atoms with van der Waals surface area (Å²) in [4.78, 5) is 28.8. The number of carbonyl (C=O) groups is 2. The van der Waals surface area contributed by atoms with E-state index in [4.69, 9.17) is 4.74 Å². The third-order valence-electron chi connectivity index (χ3n) is 5.39. The molecule has 4 rings (SSSR count). The molecule has 1 aliphatic rings. The first-order valence-electron chi connectivity index (χ1n) is 9.91. The quantitative estimate of drug-likeness (QED) is 0.557. The highest BCUT2D eigenvalue weighted by Gasteiger charge is 2.56. The fourth-order valence-electron chi connectivity index (χ4n) is 3.60. The van der Waals surface area contributed by atoms with Gasteiger partial charge in [0.25, 0.3) is 5.91 Å². The summed E-state index contributed by atoms with van der Waals surface area (Å²) in [6.07, 6.45) is -2.39. The van der Waals surface area contributed by atoms with Crippen molar-refractivity contribution in [3.05, 3.63) is 54.0 Å². The van der Waals surface area contributed by atoms with Gasteiger partial charge in [-0.15, -0.1) is 0 Å². The second kappa shape index (κ2) is 8.58. The summed E-state index contributed by atoms with van der Waals surface area (Å²) in [6, 6.07) is 8.14. The number of hydrogen-bond acceptors (Lipinski definition) is 5. The minimum Gasteiger partial charge on any atom is -0.381 e. The number of nitrogens with zero attached hydrogens (tertiary/aromatic N) is 2. The Labute approximate surface area is 180 Å². The van der Waals surface area contributed by atoms with Gasteiger partial charge in [-0.05, 0) is 23.8 Å². The normalized spacial score (nSPS) is 16.0. The van der Waals surface area contributed by atoms with Crippen molar-refractivity contribution in [2.75, 3.05) is 18.5 Å². The number of fused-ring (bicyclic) bond motifs is 1. The first-order chi connectivity index (χ1) is 15.3. The third-order valence-corrected chi connectivity index (χ3v) is 5.39. The standard InChI is InChI=1S/C21H20F3N5O3/c22-21(23,24)20(4-7-32-8-5-20)28-19(31)17-11-15(3-6-25-17)27-18(30)10-13-1-2-14-12-26-29-16(14)9-13/h1-3,6,9,11-12H,4-5,7-8,10H2,(H,26,29)(H,28,31)(H,25,27,30). The summed E-state index contributed by atoms with van der Waals surface area (Å²) in [5.74, 6) is -1.32. The van der Waals surface area contributed by atoms with Gasteiger partial charge in [-0.25, -0.2) is 0 Å². The van der Waals surface area contributed by atoms with Crippen molar-refractivity contribution in [3.63, 3.8) is 0 Å². The molecule has 1 saturated heterocycles. The highest BCUT2D eigenvalue weighted by atomic mass is 19.4. The Morgan fingerprint density at radius 2 is 1.94 bits per heavy atom. The summed E-state index contributed by atoms with van der Waals surface area (Å²) in [6.45, 7) is -0.207. The maximum Gasteiger partial charge on any atom is 0.411 e. The number of hydrogen-bond donors (Lipinski definition) is 3. The summed E-state index contributed by atoms with van der Waals surface area (Å²) >= 11 is 0. The molecule has 0 bridgehead atoms. The number of carbonyl (C=O) groups excluding carboxylic acids is 2. The van der Waals surface area contributed by atoms with E-state index in [1.807, 2.05) is 6.07 Å². The summed E-state index contributed by atoms with van der Waals surface area (Å²) in [7, 11) is 0. The van der Waals surface area contributed by atoms with Crippen LogP contribution in [0.4, 0.5) is 18.9 Å². The zero-order valence-electron chi connectivity index (χ0n) is 16.8. The van der Waals surface area contributed by atoms with Crippen molar-refractivity contribution in [2.45, 2.75) is 31.0 Å². The predicted octanol–water partition coefficient (Wildman–Crippen LogP) is 2.98. The van der Waals surface area contributed by atoms with Crippen molar-refractivity contribution in [1.29, 1.82) is 0 Å². The van der Waals surface area contributed by atoms with Crippen LogP contribution in [0, 0.1) is 0 Å². The van der Waals surface area contributed by atoms with Crippen molar-refractivity contribution in [2.24, 2.45) is 0 Å². The van der Waals surface area contributed by atoms with Gasteiger partial charge in [-0.2, -0.15) is 18.3 Å². The molecule has 2 amide bonds. The number of aromatic nitrogens is 3. The van der Waals surface area contributed by atoms with E-state index in [1.165, 1.54) is 18.3 Å². The van der Waals surface area contributed by atoms with Crippen LogP contribution in [-0.4, -0.2) is 51.9 Å². The molecule has 3 aromatic rings. The lowest BCUT2D eigenvalue weighted by Gasteiger charge is -2.39. The van der Waals surface area contributed by atoms with Crippen LogP contribution < -0.4 is 10.6 Å². The van der Waals surface area contributed by atoms with Gasteiger partial charge in [-0.3, -0.25) is 19.7 Å². The van der Waals surface area contributed by atoms with E-state index < -0.39 is 17.6 Å². The van der Waals surface area contributed by atoms with Crippen LogP contribution in [0.1, 0.15) is 28.9 Å². The van der Waals surface area contributed by atoms with E-state index in [1.54, 1.807) is 18.3 Å². The fourth-order valence-corrected chi connectivity index (χ4v) is 3.60. The van der Waals surface area contributed by atoms with E-state index in [0.29, 0.717) is 0 Å². The van der Waals surface area contributed by atoms with E-state index in [9.17, 15) is 22.8 Å². The zero-order valence-corrected chi connectivity index (χ0v) is 16.8. The van der Waals surface area contributed by atoms with Gasteiger partial charge in [0, 0.05) is 43.3 Å². The van der Waals surface area contributed by atoms with Crippen LogP contribution in [-0.2, 0) is 16.0 Å². The van der Waals surface area contributed by atoms with E-state index in [2.05, 4.69) is 25.8 Å². The number of H-pyrrole nitrogens is 1. The topological polar surface area (TPSA) is 109 Å². The van der Waals surface area contributed by atoms with Gasteiger partial charge < -0.3 is 15.4 Å². The summed E-state index contributed by atoms with van der Waals surface area (Å²) in [5, 5.41) is 12.4. The number of alkyl halides is 3. The van der Waals surface area contributed by atoms with Crippen LogP contribution in [0.25, 0.3) is 10.9 Å². The van der Waals surface area contributed by atoms with Crippen LogP contribution in [0.2, 0.25) is 0 Å². The fraction of sp³-hybridized carbons (Fsp3) is 0.333. The Bertz CT molecular complexity index is 1140. The largest absolute Gasteiger partial charge is 0.411 e. The number of rotatable bonds is 5. The zero-order chi connectivity index (χ0) is 22.8. The van der Waals surface area contributed by atoms with Crippen molar-refractivity contribution >= 4 is 28.4 Å². The molecule has 32 heavy (non-hydrogen) atoms. The van der Waals surface area contributed by atoms with Crippen LogP contribution in [0.5, 0.6) is 0 Å². The molecule has 8 nitrogen and oxygen atoms in total. The SMILES string of the molecule is O=C(Cc1ccc2cn[nH]c2c1)Nc1ccnc(C(=O)NC2(C(F)(F)F)CCOCC2)c1. The highest BCUT2D eigenvalue weighted by Crippen LogP contribution is 2.38. The van der Waals surface area contributed by atoms with E-state index >= 15 is 0 Å². The predicted molar refractivity (Wildman–Crippen MR) is 109 cm³/mol. The number of amides is 2. The molecule has 0 saturated carbocycles. The highest BCUT2D eigenvalue weighted by molar-refractivity contribution is 5.96. The molecule has 168 valence electrons. The summed E-state index contributed by atoms with van der Waals surface area (Å²) in [5.41, 5.74) is -0.792. The summed E-state index contributed by atoms with van der Waals surface area (Å²) < 4.78 is 46.0.